The number of carbonyl (C=O) groups is 1. The van der Waals surface area contributed by atoms with Gasteiger partial charge in [-0.2, -0.15) is 5.10 Å². The van der Waals surface area contributed by atoms with Crippen LogP contribution in [0.1, 0.15) is 13.3 Å². The second-order valence-electron chi connectivity index (χ2n) is 4.83. The van der Waals surface area contributed by atoms with Gasteiger partial charge in [0.2, 0.25) is 5.91 Å². The van der Waals surface area contributed by atoms with Gasteiger partial charge in [0.15, 0.2) is 0 Å². The number of benzene rings is 1. The number of nitrogens with zero attached hydrogens (tertiary/aromatic N) is 3. The summed E-state index contributed by atoms with van der Waals surface area (Å²) in [7, 11) is 0. The number of hydrogen-bond acceptors (Lipinski definition) is 3. The molecule has 0 unspecified atom stereocenters. The summed E-state index contributed by atoms with van der Waals surface area (Å²) in [4.78, 5) is 16.0. The van der Waals surface area contributed by atoms with E-state index in [0.717, 1.165) is 37.1 Å². The van der Waals surface area contributed by atoms with E-state index in [2.05, 4.69) is 21.2 Å². The highest BCUT2D eigenvalue weighted by Gasteiger charge is 2.21. The Bertz CT molecular complexity index is 584. The highest BCUT2D eigenvalue weighted by molar-refractivity contribution is 5.91. The van der Waals surface area contributed by atoms with Gasteiger partial charge in [0.05, 0.1) is 11.7 Å². The number of nitrogens with one attached hydrogen (secondary N) is 1. The quantitative estimate of drug-likeness (QED) is 0.890. The molecule has 0 atom stereocenters. The van der Waals surface area contributed by atoms with Gasteiger partial charge < -0.3 is 9.80 Å². The van der Waals surface area contributed by atoms with Gasteiger partial charge in [-0.3, -0.25) is 9.89 Å². The lowest BCUT2D eigenvalue weighted by molar-refractivity contribution is -0.131. The monoisotopic (exact) mass is 258 g/mol. The maximum Gasteiger partial charge on any atom is 0.222 e. The van der Waals surface area contributed by atoms with Crippen molar-refractivity contribution in [1.82, 2.24) is 15.1 Å². The lowest BCUT2D eigenvalue weighted by atomic mass is 10.2. The Balaban J connectivity index is 1.78. The maximum absolute atomic E-state index is 11.7. The van der Waals surface area contributed by atoms with Gasteiger partial charge in [0.25, 0.3) is 0 Å². The highest BCUT2D eigenvalue weighted by atomic mass is 16.2. The van der Waals surface area contributed by atoms with Gasteiger partial charge in [-0.25, -0.2) is 0 Å². The molecule has 5 nitrogen and oxygen atoms in total. The van der Waals surface area contributed by atoms with Crippen molar-refractivity contribution < 1.29 is 4.79 Å². The molecule has 1 aliphatic heterocycles. The van der Waals surface area contributed by atoms with E-state index >= 15 is 0 Å². The fourth-order valence-electron chi connectivity index (χ4n) is 2.65. The average Bonchev–Trinajstić information content (AvgIpc) is 2.95. The summed E-state index contributed by atoms with van der Waals surface area (Å²) >= 11 is 0. The van der Waals surface area contributed by atoms with Crippen LogP contribution < -0.4 is 4.90 Å². The number of carbonyl (C=O) groups excluding carboxylic acids is 1. The normalized spacial score (nSPS) is 16.1. The first-order valence-corrected chi connectivity index (χ1v) is 6.74. The third-order valence-corrected chi connectivity index (χ3v) is 3.74. The van der Waals surface area contributed by atoms with Crippen molar-refractivity contribution in [2.24, 2.45) is 0 Å². The van der Waals surface area contributed by atoms with Crippen LogP contribution in [0.5, 0.6) is 0 Å². The van der Waals surface area contributed by atoms with E-state index in [1.165, 1.54) is 5.69 Å². The molecule has 1 aliphatic rings. The zero-order valence-electron chi connectivity index (χ0n) is 11.1. The minimum atomic E-state index is 0.251. The zero-order valence-corrected chi connectivity index (χ0v) is 11.1. The van der Waals surface area contributed by atoms with E-state index in [0.29, 0.717) is 6.42 Å². The Kier molecular flexibility index (Phi) is 3.11. The van der Waals surface area contributed by atoms with Crippen molar-refractivity contribution in [1.29, 1.82) is 0 Å². The topological polar surface area (TPSA) is 52.2 Å². The van der Waals surface area contributed by atoms with Crippen molar-refractivity contribution in [3.63, 3.8) is 0 Å². The molecule has 1 amide bonds. The fourth-order valence-corrected chi connectivity index (χ4v) is 2.65. The number of aromatic amines is 1. The predicted octanol–water partition coefficient (Wildman–Crippen LogP) is 1.62. The largest absolute Gasteiger partial charge is 0.367 e. The van der Waals surface area contributed by atoms with Crippen molar-refractivity contribution in [3.8, 4) is 0 Å². The Hall–Kier alpha value is -2.04. The van der Waals surface area contributed by atoms with Gasteiger partial charge in [-0.05, 0) is 12.1 Å². The first-order valence-electron chi connectivity index (χ1n) is 6.74. The number of hydrogen-bond donors (Lipinski definition) is 1. The molecule has 3 rings (SSSR count). The van der Waals surface area contributed by atoms with Crippen molar-refractivity contribution >= 4 is 22.5 Å². The number of fused-ring (bicyclic) bond motifs is 1. The molecule has 1 aromatic carbocycles. The van der Waals surface area contributed by atoms with Crippen LogP contribution in [0.2, 0.25) is 0 Å². The number of piperazine rings is 1. The number of anilines is 1. The maximum atomic E-state index is 11.7. The SMILES string of the molecule is CCC(=O)N1CCN(c2cccc3[nH]ncc23)CC1. The van der Waals surface area contributed by atoms with Gasteiger partial charge in [0, 0.05) is 43.7 Å². The van der Waals surface area contributed by atoms with Crippen LogP contribution in [0.3, 0.4) is 0 Å². The van der Waals surface area contributed by atoms with E-state index in [9.17, 15) is 4.79 Å². The van der Waals surface area contributed by atoms with Gasteiger partial charge in [0.1, 0.15) is 0 Å². The molecular formula is C14H18N4O. The van der Waals surface area contributed by atoms with Gasteiger partial charge in [-0.1, -0.05) is 13.0 Å². The first-order chi connectivity index (χ1) is 9.29. The fraction of sp³-hybridized carbons (Fsp3) is 0.429. The molecule has 0 radical (unpaired) electrons. The number of H-pyrrole nitrogens is 1. The minimum absolute atomic E-state index is 0.251. The zero-order chi connectivity index (χ0) is 13.2. The molecule has 1 aromatic heterocycles. The number of aromatic nitrogens is 2. The van der Waals surface area contributed by atoms with Crippen molar-refractivity contribution in [3.05, 3.63) is 24.4 Å². The molecule has 0 aliphatic carbocycles. The van der Waals surface area contributed by atoms with E-state index in [4.69, 9.17) is 0 Å². The van der Waals surface area contributed by atoms with Crippen LogP contribution in [0, 0.1) is 0 Å². The summed E-state index contributed by atoms with van der Waals surface area (Å²) in [5.74, 6) is 0.251. The third kappa shape index (κ3) is 2.16. The van der Waals surface area contributed by atoms with Crippen LogP contribution in [0.4, 0.5) is 5.69 Å². The van der Waals surface area contributed by atoms with Crippen LogP contribution in [-0.2, 0) is 4.79 Å². The number of amides is 1. The van der Waals surface area contributed by atoms with E-state index in [-0.39, 0.29) is 5.91 Å². The second-order valence-corrected chi connectivity index (χ2v) is 4.83. The lowest BCUT2D eigenvalue weighted by Crippen LogP contribution is -2.48. The summed E-state index contributed by atoms with van der Waals surface area (Å²) < 4.78 is 0. The van der Waals surface area contributed by atoms with Gasteiger partial charge >= 0.3 is 0 Å². The van der Waals surface area contributed by atoms with E-state index < -0.39 is 0 Å². The summed E-state index contributed by atoms with van der Waals surface area (Å²) in [6, 6.07) is 6.19. The summed E-state index contributed by atoms with van der Waals surface area (Å²) in [5.41, 5.74) is 2.26. The molecule has 2 heterocycles. The molecule has 5 heteroatoms. The summed E-state index contributed by atoms with van der Waals surface area (Å²) in [6.45, 7) is 5.30. The van der Waals surface area contributed by atoms with Crippen LogP contribution in [0.15, 0.2) is 24.4 Å². The number of rotatable bonds is 2. The Morgan fingerprint density at radius 3 is 2.84 bits per heavy atom. The van der Waals surface area contributed by atoms with Crippen LogP contribution in [-0.4, -0.2) is 47.2 Å². The Labute approximate surface area is 112 Å². The third-order valence-electron chi connectivity index (χ3n) is 3.74. The second kappa shape index (κ2) is 4.91. The molecule has 0 bridgehead atoms. The highest BCUT2D eigenvalue weighted by Crippen LogP contribution is 2.26. The standard InChI is InChI=1S/C14H18N4O/c1-2-14(19)18-8-6-17(7-9-18)13-5-3-4-12-11(13)10-15-16-12/h3-5,10H,2,6-9H2,1H3,(H,15,16). The molecule has 19 heavy (non-hydrogen) atoms. The summed E-state index contributed by atoms with van der Waals surface area (Å²) in [5, 5.41) is 8.24. The molecule has 1 N–H and O–H groups in total. The summed E-state index contributed by atoms with van der Waals surface area (Å²) in [6.07, 6.45) is 2.46. The van der Waals surface area contributed by atoms with Crippen molar-refractivity contribution in [2.75, 3.05) is 31.1 Å². The molecular weight excluding hydrogens is 240 g/mol. The molecule has 0 spiro atoms. The minimum Gasteiger partial charge on any atom is -0.367 e. The van der Waals surface area contributed by atoms with Crippen molar-refractivity contribution in [2.45, 2.75) is 13.3 Å². The predicted molar refractivity (Wildman–Crippen MR) is 75.2 cm³/mol. The molecule has 100 valence electrons. The van der Waals surface area contributed by atoms with E-state index in [1.54, 1.807) is 0 Å². The van der Waals surface area contributed by atoms with Gasteiger partial charge in [-0.15, -0.1) is 0 Å². The smallest absolute Gasteiger partial charge is 0.222 e. The first kappa shape index (κ1) is 12.0. The lowest BCUT2D eigenvalue weighted by Gasteiger charge is -2.36. The van der Waals surface area contributed by atoms with Crippen LogP contribution >= 0.6 is 0 Å². The Morgan fingerprint density at radius 1 is 1.32 bits per heavy atom. The average molecular weight is 258 g/mol. The van der Waals surface area contributed by atoms with Crippen LogP contribution in [0.25, 0.3) is 10.9 Å². The molecule has 1 saturated heterocycles. The molecule has 1 fully saturated rings. The molecule has 0 saturated carbocycles. The van der Waals surface area contributed by atoms with E-state index in [1.807, 2.05) is 30.2 Å². The Morgan fingerprint density at radius 2 is 2.11 bits per heavy atom. The molecule has 2 aromatic rings.